The summed E-state index contributed by atoms with van der Waals surface area (Å²) in [5.41, 5.74) is 2.78. The second-order valence-electron chi connectivity index (χ2n) is 6.03. The van der Waals surface area contributed by atoms with E-state index in [-0.39, 0.29) is 18.0 Å². The van der Waals surface area contributed by atoms with Crippen LogP contribution in [0.25, 0.3) is 0 Å². The summed E-state index contributed by atoms with van der Waals surface area (Å²) in [5, 5.41) is 8.99. The molecule has 0 atom stereocenters. The van der Waals surface area contributed by atoms with Crippen LogP contribution in [-0.4, -0.2) is 15.6 Å². The number of fused-ring (bicyclic) bond motifs is 1. The monoisotopic (exact) mass is 275 g/mol. The second kappa shape index (κ2) is 5.43. The first-order valence-corrected chi connectivity index (χ1v) is 7.65. The van der Waals surface area contributed by atoms with E-state index < -0.39 is 5.97 Å². The van der Waals surface area contributed by atoms with Gasteiger partial charge in [0.25, 0.3) is 5.56 Å². The predicted octanol–water partition coefficient (Wildman–Crippen LogP) is 2.47. The van der Waals surface area contributed by atoms with Gasteiger partial charge in [0, 0.05) is 17.3 Å². The first-order chi connectivity index (χ1) is 9.66. The number of aromatic nitrogens is 1. The van der Waals surface area contributed by atoms with Crippen LogP contribution in [0, 0.1) is 0 Å². The zero-order valence-corrected chi connectivity index (χ0v) is 11.7. The zero-order chi connectivity index (χ0) is 14.1. The van der Waals surface area contributed by atoms with Crippen LogP contribution in [-0.2, 0) is 24.1 Å². The van der Waals surface area contributed by atoms with E-state index in [9.17, 15) is 9.59 Å². The lowest BCUT2D eigenvalue weighted by atomic mass is 9.94. The Kier molecular flexibility index (Phi) is 3.64. The normalized spacial score (nSPS) is 19.0. The van der Waals surface area contributed by atoms with Crippen molar-refractivity contribution in [3.8, 4) is 0 Å². The van der Waals surface area contributed by atoms with Gasteiger partial charge in [-0.3, -0.25) is 9.59 Å². The van der Waals surface area contributed by atoms with E-state index >= 15 is 0 Å². The average molecular weight is 275 g/mol. The molecule has 0 spiro atoms. The Morgan fingerprint density at radius 1 is 1.20 bits per heavy atom. The Morgan fingerprint density at radius 2 is 1.95 bits per heavy atom. The van der Waals surface area contributed by atoms with Crippen molar-refractivity contribution < 1.29 is 9.90 Å². The van der Waals surface area contributed by atoms with Gasteiger partial charge in [-0.1, -0.05) is 19.3 Å². The van der Waals surface area contributed by atoms with Crippen molar-refractivity contribution in [3.05, 3.63) is 33.2 Å². The number of carboxylic acids is 1. The average Bonchev–Trinajstić information content (AvgIpc) is 2.87. The van der Waals surface area contributed by atoms with Gasteiger partial charge in [-0.2, -0.15) is 0 Å². The van der Waals surface area contributed by atoms with Crippen LogP contribution in [0.1, 0.15) is 61.4 Å². The summed E-state index contributed by atoms with van der Waals surface area (Å²) in [6.07, 6.45) is 8.60. The Hall–Kier alpha value is -1.58. The molecule has 0 aromatic carbocycles. The van der Waals surface area contributed by atoms with Gasteiger partial charge >= 0.3 is 5.97 Å². The van der Waals surface area contributed by atoms with E-state index in [2.05, 4.69) is 0 Å². The molecule has 0 bridgehead atoms. The van der Waals surface area contributed by atoms with Gasteiger partial charge in [0.05, 0.1) is 6.42 Å². The molecule has 1 fully saturated rings. The van der Waals surface area contributed by atoms with Gasteiger partial charge in [0.1, 0.15) is 0 Å². The number of aryl methyl sites for hydroxylation is 1. The first-order valence-electron chi connectivity index (χ1n) is 7.65. The fourth-order valence-electron chi connectivity index (χ4n) is 3.75. The van der Waals surface area contributed by atoms with Crippen LogP contribution < -0.4 is 5.56 Å². The van der Waals surface area contributed by atoms with Crippen molar-refractivity contribution in [2.24, 2.45) is 0 Å². The summed E-state index contributed by atoms with van der Waals surface area (Å²) in [5.74, 6) is -0.921. The summed E-state index contributed by atoms with van der Waals surface area (Å²) in [6, 6.07) is 2.13. The highest BCUT2D eigenvalue weighted by Crippen LogP contribution is 2.31. The summed E-state index contributed by atoms with van der Waals surface area (Å²) >= 11 is 0. The molecule has 1 heterocycles. The molecular weight excluding hydrogens is 254 g/mol. The quantitative estimate of drug-likeness (QED) is 0.922. The smallest absolute Gasteiger partial charge is 0.308 e. The molecule has 20 heavy (non-hydrogen) atoms. The molecular formula is C16H21NO3. The second-order valence-corrected chi connectivity index (χ2v) is 6.03. The fraction of sp³-hybridized carbons (Fsp3) is 0.625. The van der Waals surface area contributed by atoms with Crippen LogP contribution in [0.2, 0.25) is 0 Å². The number of carboxylic acid groups (broad SMARTS) is 1. The summed E-state index contributed by atoms with van der Waals surface area (Å²) in [6.45, 7) is 0. The maximum atomic E-state index is 12.7. The number of hydrogen-bond acceptors (Lipinski definition) is 2. The molecule has 4 nitrogen and oxygen atoms in total. The zero-order valence-electron chi connectivity index (χ0n) is 11.7. The van der Waals surface area contributed by atoms with Gasteiger partial charge in [-0.15, -0.1) is 0 Å². The van der Waals surface area contributed by atoms with Crippen molar-refractivity contribution in [3.63, 3.8) is 0 Å². The van der Waals surface area contributed by atoms with Gasteiger partial charge in [-0.05, 0) is 43.7 Å². The van der Waals surface area contributed by atoms with Crippen LogP contribution in [0.4, 0.5) is 0 Å². The summed E-state index contributed by atoms with van der Waals surface area (Å²) < 4.78 is 1.96. The van der Waals surface area contributed by atoms with Crippen molar-refractivity contribution in [2.45, 2.75) is 63.8 Å². The molecule has 1 aromatic heterocycles. The molecule has 0 unspecified atom stereocenters. The molecule has 0 saturated heterocycles. The summed E-state index contributed by atoms with van der Waals surface area (Å²) in [4.78, 5) is 23.6. The lowest BCUT2D eigenvalue weighted by Gasteiger charge is -2.27. The Morgan fingerprint density at radius 3 is 2.65 bits per heavy atom. The number of nitrogens with zero attached hydrogens (tertiary/aromatic N) is 1. The standard InChI is InChI=1S/C16H21NO3/c18-15(19)10-12-9-11-5-4-8-14(11)17(16(12)20)13-6-2-1-3-7-13/h9,13H,1-8,10H2,(H,18,19). The highest BCUT2D eigenvalue weighted by Gasteiger charge is 2.25. The molecule has 1 aromatic rings. The molecule has 1 N–H and O–H groups in total. The van der Waals surface area contributed by atoms with Crippen molar-refractivity contribution in [1.82, 2.24) is 4.57 Å². The van der Waals surface area contributed by atoms with Gasteiger partial charge in [-0.25, -0.2) is 0 Å². The topological polar surface area (TPSA) is 59.3 Å². The number of carbonyl (C=O) groups is 1. The number of rotatable bonds is 3. The molecule has 2 aliphatic rings. The lowest BCUT2D eigenvalue weighted by molar-refractivity contribution is -0.136. The largest absolute Gasteiger partial charge is 0.481 e. The third-order valence-corrected chi connectivity index (χ3v) is 4.64. The maximum absolute atomic E-state index is 12.7. The molecule has 0 aliphatic heterocycles. The van der Waals surface area contributed by atoms with Crippen molar-refractivity contribution >= 4 is 5.97 Å². The van der Waals surface area contributed by atoms with Crippen LogP contribution >= 0.6 is 0 Å². The Balaban J connectivity index is 2.08. The maximum Gasteiger partial charge on any atom is 0.308 e. The highest BCUT2D eigenvalue weighted by atomic mass is 16.4. The molecule has 3 rings (SSSR count). The van der Waals surface area contributed by atoms with Crippen molar-refractivity contribution in [1.29, 1.82) is 0 Å². The van der Waals surface area contributed by atoms with E-state index in [0.717, 1.165) is 32.1 Å². The molecule has 0 radical (unpaired) electrons. The van der Waals surface area contributed by atoms with Gasteiger partial charge in [0.2, 0.25) is 0 Å². The van der Waals surface area contributed by atoms with Gasteiger partial charge < -0.3 is 9.67 Å². The van der Waals surface area contributed by atoms with E-state index in [0.29, 0.717) is 5.56 Å². The van der Waals surface area contributed by atoms with Crippen molar-refractivity contribution in [2.75, 3.05) is 0 Å². The number of pyridine rings is 1. The molecule has 108 valence electrons. The first kappa shape index (κ1) is 13.4. The van der Waals surface area contributed by atoms with Crippen LogP contribution in [0.5, 0.6) is 0 Å². The fourth-order valence-corrected chi connectivity index (χ4v) is 3.75. The van der Waals surface area contributed by atoms with E-state index in [1.54, 1.807) is 0 Å². The van der Waals surface area contributed by atoms with E-state index in [1.807, 2.05) is 10.6 Å². The molecule has 0 amide bonds. The Labute approximate surface area is 118 Å². The third kappa shape index (κ3) is 2.39. The van der Waals surface area contributed by atoms with Gasteiger partial charge in [0.15, 0.2) is 0 Å². The molecule has 2 aliphatic carbocycles. The Bertz CT molecular complexity index is 582. The number of hydrogen-bond donors (Lipinski definition) is 1. The highest BCUT2D eigenvalue weighted by molar-refractivity contribution is 5.70. The minimum atomic E-state index is -0.921. The third-order valence-electron chi connectivity index (χ3n) is 4.64. The van der Waals surface area contributed by atoms with Crippen LogP contribution in [0.15, 0.2) is 10.9 Å². The van der Waals surface area contributed by atoms with E-state index in [4.69, 9.17) is 5.11 Å². The minimum absolute atomic E-state index is 0.0556. The lowest BCUT2D eigenvalue weighted by Crippen LogP contribution is -2.32. The number of aliphatic carboxylic acids is 1. The molecule has 1 saturated carbocycles. The predicted molar refractivity (Wildman–Crippen MR) is 76.2 cm³/mol. The SMILES string of the molecule is O=C(O)Cc1cc2c(n(C3CCCCC3)c1=O)CCC2. The molecule has 4 heteroatoms. The summed E-state index contributed by atoms with van der Waals surface area (Å²) in [7, 11) is 0. The van der Waals surface area contributed by atoms with E-state index in [1.165, 1.54) is 30.5 Å². The minimum Gasteiger partial charge on any atom is -0.481 e. The van der Waals surface area contributed by atoms with Crippen LogP contribution in [0.3, 0.4) is 0 Å².